The number of benzene rings is 2. The minimum absolute atomic E-state index is 0.138. The Balaban J connectivity index is 1.77. The van der Waals surface area contributed by atoms with Crippen molar-refractivity contribution in [1.82, 2.24) is 14.7 Å². The van der Waals surface area contributed by atoms with E-state index < -0.39 is 29.2 Å². The second-order valence-corrected chi connectivity index (χ2v) is 7.40. The largest absolute Gasteiger partial charge is 0.497 e. The second kappa shape index (κ2) is 7.45. The van der Waals surface area contributed by atoms with Crippen LogP contribution in [0.25, 0.3) is 15.2 Å². The summed E-state index contributed by atoms with van der Waals surface area (Å²) in [6.07, 6.45) is -3.74. The van der Waals surface area contributed by atoms with E-state index in [-0.39, 0.29) is 5.56 Å². The maximum absolute atomic E-state index is 13.5. The third-order valence-electron chi connectivity index (χ3n) is 4.52. The van der Waals surface area contributed by atoms with Gasteiger partial charge in [-0.25, -0.2) is 4.98 Å². The number of rotatable bonds is 4. The number of ether oxygens (including phenoxy) is 1. The first-order valence-corrected chi connectivity index (χ1v) is 9.52. The van der Waals surface area contributed by atoms with Crippen molar-refractivity contribution in [2.24, 2.45) is 0 Å². The molecule has 6 nitrogen and oxygen atoms in total. The monoisotopic (exact) mass is 433 g/mol. The quantitative estimate of drug-likeness (QED) is 0.529. The maximum Gasteiger partial charge on any atom is 0.412 e. The first-order valence-electron chi connectivity index (χ1n) is 8.70. The molecular formula is C20H14F3N3O3S. The average Bonchev–Trinajstić information content (AvgIpc) is 3.10. The number of nitrogens with zero attached hydrogens (tertiary/aromatic N) is 2. The van der Waals surface area contributed by atoms with Crippen molar-refractivity contribution >= 4 is 32.4 Å². The van der Waals surface area contributed by atoms with Gasteiger partial charge < -0.3 is 10.1 Å². The van der Waals surface area contributed by atoms with Crippen molar-refractivity contribution in [2.75, 3.05) is 7.11 Å². The topological polar surface area (TPSA) is 72.7 Å². The van der Waals surface area contributed by atoms with Gasteiger partial charge in [0.1, 0.15) is 11.3 Å². The van der Waals surface area contributed by atoms with Gasteiger partial charge in [-0.05, 0) is 23.8 Å². The van der Waals surface area contributed by atoms with E-state index >= 15 is 0 Å². The summed E-state index contributed by atoms with van der Waals surface area (Å²) in [7, 11) is 1.51. The van der Waals surface area contributed by atoms with Crippen LogP contribution in [-0.2, 0) is 0 Å². The Kier molecular flexibility index (Phi) is 4.94. The lowest BCUT2D eigenvalue weighted by molar-refractivity contribution is -0.155. The number of amides is 1. The fourth-order valence-corrected chi connectivity index (χ4v) is 4.09. The molecule has 0 aliphatic heterocycles. The van der Waals surface area contributed by atoms with Crippen molar-refractivity contribution < 1.29 is 22.7 Å². The molecule has 0 radical (unpaired) electrons. The average molecular weight is 433 g/mol. The van der Waals surface area contributed by atoms with Gasteiger partial charge in [-0.2, -0.15) is 13.2 Å². The zero-order valence-electron chi connectivity index (χ0n) is 15.4. The molecular weight excluding hydrogens is 419 g/mol. The summed E-state index contributed by atoms with van der Waals surface area (Å²) in [5.74, 6) is -0.572. The molecule has 4 aromatic rings. The van der Waals surface area contributed by atoms with Gasteiger partial charge in [0, 0.05) is 6.20 Å². The molecule has 4 rings (SSSR count). The van der Waals surface area contributed by atoms with Gasteiger partial charge in [0.15, 0.2) is 11.0 Å². The number of nitrogens with one attached hydrogen (secondary N) is 1. The Hall–Kier alpha value is -3.40. The molecule has 1 amide bonds. The van der Waals surface area contributed by atoms with Crippen molar-refractivity contribution in [3.8, 4) is 5.75 Å². The summed E-state index contributed by atoms with van der Waals surface area (Å²) >= 11 is 1.20. The Morgan fingerprint density at radius 1 is 1.20 bits per heavy atom. The van der Waals surface area contributed by atoms with Crippen LogP contribution in [0.2, 0.25) is 0 Å². The second-order valence-electron chi connectivity index (χ2n) is 6.39. The first-order chi connectivity index (χ1) is 14.3. The number of carbonyl (C=O) groups is 1. The molecule has 0 aliphatic carbocycles. The van der Waals surface area contributed by atoms with Gasteiger partial charge >= 0.3 is 6.18 Å². The fourth-order valence-electron chi connectivity index (χ4n) is 3.07. The van der Waals surface area contributed by atoms with Gasteiger partial charge in [0.2, 0.25) is 0 Å². The number of fused-ring (bicyclic) bond motifs is 3. The molecule has 0 saturated heterocycles. The van der Waals surface area contributed by atoms with Gasteiger partial charge in [-0.1, -0.05) is 41.7 Å². The summed E-state index contributed by atoms with van der Waals surface area (Å²) in [4.78, 5) is 30.0. The number of halogens is 3. The van der Waals surface area contributed by atoms with E-state index in [0.29, 0.717) is 20.9 Å². The molecule has 0 spiro atoms. The molecule has 2 aromatic heterocycles. The fraction of sp³-hybridized carbons (Fsp3) is 0.150. The van der Waals surface area contributed by atoms with Crippen LogP contribution in [0.4, 0.5) is 13.2 Å². The van der Waals surface area contributed by atoms with Crippen LogP contribution >= 0.6 is 11.3 Å². The number of hydrogen-bond donors (Lipinski definition) is 1. The zero-order valence-corrected chi connectivity index (χ0v) is 16.3. The Morgan fingerprint density at radius 3 is 2.60 bits per heavy atom. The third-order valence-corrected chi connectivity index (χ3v) is 5.54. The van der Waals surface area contributed by atoms with Crippen LogP contribution in [0.5, 0.6) is 5.75 Å². The summed E-state index contributed by atoms with van der Waals surface area (Å²) in [6.45, 7) is 0. The minimum atomic E-state index is -4.74. The molecule has 10 heteroatoms. The summed E-state index contributed by atoms with van der Waals surface area (Å²) in [5, 5.41) is 1.92. The van der Waals surface area contributed by atoms with Crippen LogP contribution in [0.3, 0.4) is 0 Å². The Labute approximate surface area is 171 Å². The molecule has 0 saturated carbocycles. The van der Waals surface area contributed by atoms with E-state index in [1.165, 1.54) is 47.1 Å². The van der Waals surface area contributed by atoms with Gasteiger partial charge in [0.05, 0.1) is 17.3 Å². The van der Waals surface area contributed by atoms with Crippen LogP contribution in [0.15, 0.2) is 59.5 Å². The van der Waals surface area contributed by atoms with Crippen LogP contribution in [-0.4, -0.2) is 28.6 Å². The lowest BCUT2D eigenvalue weighted by Gasteiger charge is -2.21. The molecule has 0 aliphatic rings. The summed E-state index contributed by atoms with van der Waals surface area (Å²) < 4.78 is 47.7. The Morgan fingerprint density at radius 2 is 1.93 bits per heavy atom. The molecule has 0 bridgehead atoms. The maximum atomic E-state index is 13.5. The number of carbonyl (C=O) groups excluding carboxylic acids is 1. The van der Waals surface area contributed by atoms with Crippen molar-refractivity contribution in [3.63, 3.8) is 0 Å². The van der Waals surface area contributed by atoms with Gasteiger partial charge in [-0.3, -0.25) is 14.0 Å². The van der Waals surface area contributed by atoms with Gasteiger partial charge in [-0.15, -0.1) is 0 Å². The SMILES string of the molecule is COc1ccc2c(c1)sc1ncc(C(=O)NC(c3ccccc3)C(F)(F)F)c(=O)n12. The highest BCUT2D eigenvalue weighted by Crippen LogP contribution is 2.33. The lowest BCUT2D eigenvalue weighted by atomic mass is 10.1. The first kappa shape index (κ1) is 19.9. The number of alkyl halides is 3. The van der Waals surface area contributed by atoms with Crippen molar-refractivity contribution in [2.45, 2.75) is 12.2 Å². The lowest BCUT2D eigenvalue weighted by Crippen LogP contribution is -2.40. The number of aromatic nitrogens is 2. The smallest absolute Gasteiger partial charge is 0.412 e. The van der Waals surface area contributed by atoms with Crippen molar-refractivity contribution in [3.05, 3.63) is 76.2 Å². The van der Waals surface area contributed by atoms with E-state index in [4.69, 9.17) is 4.74 Å². The minimum Gasteiger partial charge on any atom is -0.497 e. The summed E-state index contributed by atoms with van der Waals surface area (Å²) in [6, 6.07) is 9.69. The standard InChI is InChI=1S/C20H14F3N3O3S/c1-29-12-7-8-14-15(9-12)30-19-24-10-13(18(28)26(14)19)17(27)25-16(20(21,22)23)11-5-3-2-4-6-11/h2-10,16H,1H3,(H,25,27). The number of thiazole rings is 1. The number of methoxy groups -OCH3 is 1. The van der Waals surface area contributed by atoms with Crippen LogP contribution < -0.4 is 15.6 Å². The van der Waals surface area contributed by atoms with E-state index in [2.05, 4.69) is 4.98 Å². The van der Waals surface area contributed by atoms with E-state index in [0.717, 1.165) is 6.20 Å². The molecule has 30 heavy (non-hydrogen) atoms. The highest BCUT2D eigenvalue weighted by Gasteiger charge is 2.42. The zero-order chi connectivity index (χ0) is 21.5. The third kappa shape index (κ3) is 3.50. The molecule has 2 heterocycles. The molecule has 1 N–H and O–H groups in total. The van der Waals surface area contributed by atoms with E-state index in [1.54, 1.807) is 24.3 Å². The van der Waals surface area contributed by atoms with Crippen LogP contribution in [0.1, 0.15) is 22.0 Å². The highest BCUT2D eigenvalue weighted by molar-refractivity contribution is 7.23. The normalized spacial score (nSPS) is 12.8. The molecule has 154 valence electrons. The molecule has 1 atom stereocenters. The molecule has 0 fully saturated rings. The van der Waals surface area contributed by atoms with Gasteiger partial charge in [0.25, 0.3) is 11.5 Å². The molecule has 2 aromatic carbocycles. The number of hydrogen-bond acceptors (Lipinski definition) is 5. The Bertz CT molecular complexity index is 1300. The predicted octanol–water partition coefficient (Wildman–Crippen LogP) is 3.95. The van der Waals surface area contributed by atoms with E-state index in [1.807, 2.05) is 5.32 Å². The summed E-state index contributed by atoms with van der Waals surface area (Å²) in [5.41, 5.74) is -0.880. The highest BCUT2D eigenvalue weighted by atomic mass is 32.1. The van der Waals surface area contributed by atoms with Crippen molar-refractivity contribution in [1.29, 1.82) is 0 Å². The van der Waals surface area contributed by atoms with Crippen LogP contribution in [0, 0.1) is 0 Å². The van der Waals surface area contributed by atoms with E-state index in [9.17, 15) is 22.8 Å². The molecule has 1 unspecified atom stereocenters. The predicted molar refractivity (Wildman–Crippen MR) is 106 cm³/mol.